The van der Waals surface area contributed by atoms with Gasteiger partial charge in [0.25, 0.3) is 0 Å². The van der Waals surface area contributed by atoms with E-state index in [2.05, 4.69) is 18.0 Å². The molecule has 0 aliphatic heterocycles. The molecule has 0 atom stereocenters. The van der Waals surface area contributed by atoms with Gasteiger partial charge in [-0.3, -0.25) is 4.98 Å². The Balaban J connectivity index is 2.78. The maximum atomic E-state index is 9.59. The van der Waals surface area contributed by atoms with E-state index in [0.29, 0.717) is 6.42 Å². The van der Waals surface area contributed by atoms with Gasteiger partial charge < -0.3 is 5.11 Å². The average Bonchev–Trinajstić information content (AvgIpc) is 2.01. The Morgan fingerprint density at radius 1 is 1.46 bits per heavy atom. The average molecular weight is 179 g/mol. The van der Waals surface area contributed by atoms with Gasteiger partial charge in [0.2, 0.25) is 0 Å². The molecular formula is C11H17NO. The van der Waals surface area contributed by atoms with Gasteiger partial charge in [0, 0.05) is 18.3 Å². The molecule has 2 heteroatoms. The van der Waals surface area contributed by atoms with Crippen LogP contribution in [0, 0.1) is 0 Å². The van der Waals surface area contributed by atoms with Crippen molar-refractivity contribution in [1.29, 1.82) is 0 Å². The Hall–Kier alpha value is -0.890. The Labute approximate surface area is 79.6 Å². The molecule has 0 saturated heterocycles. The number of aromatic nitrogens is 1. The summed E-state index contributed by atoms with van der Waals surface area (Å²) in [5.41, 5.74) is 1.57. The van der Waals surface area contributed by atoms with Crippen LogP contribution in [0.15, 0.2) is 18.3 Å². The highest BCUT2D eigenvalue weighted by atomic mass is 16.3. The van der Waals surface area contributed by atoms with Gasteiger partial charge in [-0.25, -0.2) is 0 Å². The summed E-state index contributed by atoms with van der Waals surface area (Å²) in [6, 6.07) is 4.06. The molecule has 1 N–H and O–H groups in total. The molecule has 0 bridgehead atoms. The van der Waals surface area contributed by atoms with Crippen molar-refractivity contribution in [1.82, 2.24) is 4.98 Å². The molecular weight excluding hydrogens is 162 g/mol. The molecule has 0 unspecified atom stereocenters. The van der Waals surface area contributed by atoms with Crippen molar-refractivity contribution in [2.24, 2.45) is 0 Å². The zero-order chi connectivity index (χ0) is 9.90. The maximum Gasteiger partial charge on any atom is 0.0647 e. The highest BCUT2D eigenvalue weighted by Gasteiger charge is 2.14. The zero-order valence-corrected chi connectivity index (χ0v) is 8.54. The van der Waals surface area contributed by atoms with Gasteiger partial charge in [0.05, 0.1) is 5.60 Å². The quantitative estimate of drug-likeness (QED) is 0.769. The van der Waals surface area contributed by atoms with Gasteiger partial charge in [0.15, 0.2) is 0 Å². The second-order valence-electron chi connectivity index (χ2n) is 4.00. The van der Waals surface area contributed by atoms with Crippen LogP contribution >= 0.6 is 0 Å². The minimum Gasteiger partial charge on any atom is -0.390 e. The monoisotopic (exact) mass is 179 g/mol. The van der Waals surface area contributed by atoms with Crippen molar-refractivity contribution in [3.8, 4) is 0 Å². The topological polar surface area (TPSA) is 33.1 Å². The third kappa shape index (κ3) is 3.55. The molecule has 0 aliphatic carbocycles. The number of aliphatic hydroxyl groups is 1. The van der Waals surface area contributed by atoms with E-state index >= 15 is 0 Å². The number of aryl methyl sites for hydroxylation is 1. The van der Waals surface area contributed by atoms with Crippen LogP contribution in [0.2, 0.25) is 0 Å². The summed E-state index contributed by atoms with van der Waals surface area (Å²) >= 11 is 0. The lowest BCUT2D eigenvalue weighted by atomic mass is 10.0. The minimum atomic E-state index is -0.667. The first kappa shape index (κ1) is 10.2. The van der Waals surface area contributed by atoms with Gasteiger partial charge in [-0.05, 0) is 38.0 Å². The lowest BCUT2D eigenvalue weighted by Crippen LogP contribution is -2.22. The Bertz CT molecular complexity index is 276. The number of hydrogen-bond donors (Lipinski definition) is 1. The standard InChI is InChI=1S/C11H17NO/c1-4-9-5-6-12-10(7-9)8-11(2,3)13/h5-7,13H,4,8H2,1-3H3. The Morgan fingerprint density at radius 3 is 2.69 bits per heavy atom. The van der Waals surface area contributed by atoms with E-state index in [0.717, 1.165) is 12.1 Å². The van der Waals surface area contributed by atoms with E-state index in [1.807, 2.05) is 6.07 Å². The molecule has 0 spiro atoms. The summed E-state index contributed by atoms with van der Waals surface area (Å²) in [6.45, 7) is 5.71. The molecule has 1 rings (SSSR count). The van der Waals surface area contributed by atoms with Crippen molar-refractivity contribution in [3.63, 3.8) is 0 Å². The SMILES string of the molecule is CCc1ccnc(CC(C)(C)O)c1. The molecule has 2 nitrogen and oxygen atoms in total. The van der Waals surface area contributed by atoms with Crippen LogP contribution in [0.1, 0.15) is 32.0 Å². The molecule has 72 valence electrons. The first-order valence-electron chi connectivity index (χ1n) is 4.67. The molecule has 0 aromatic carbocycles. The van der Waals surface area contributed by atoms with Crippen LogP contribution in [-0.2, 0) is 12.8 Å². The zero-order valence-electron chi connectivity index (χ0n) is 8.54. The molecule has 0 aliphatic rings. The summed E-state index contributed by atoms with van der Waals surface area (Å²) in [6.07, 6.45) is 3.43. The summed E-state index contributed by atoms with van der Waals surface area (Å²) in [5.74, 6) is 0. The van der Waals surface area contributed by atoms with Gasteiger partial charge in [0.1, 0.15) is 0 Å². The molecule has 1 aromatic rings. The van der Waals surface area contributed by atoms with Crippen LogP contribution in [0.5, 0.6) is 0 Å². The van der Waals surface area contributed by atoms with Gasteiger partial charge in [-0.1, -0.05) is 6.92 Å². The van der Waals surface area contributed by atoms with Crippen molar-refractivity contribution in [3.05, 3.63) is 29.6 Å². The van der Waals surface area contributed by atoms with Crippen molar-refractivity contribution in [2.75, 3.05) is 0 Å². The molecule has 1 heterocycles. The van der Waals surface area contributed by atoms with E-state index in [1.165, 1.54) is 5.56 Å². The fourth-order valence-corrected chi connectivity index (χ4v) is 1.29. The number of hydrogen-bond acceptors (Lipinski definition) is 2. The van der Waals surface area contributed by atoms with E-state index < -0.39 is 5.60 Å². The number of pyridine rings is 1. The second-order valence-corrected chi connectivity index (χ2v) is 4.00. The largest absolute Gasteiger partial charge is 0.390 e. The van der Waals surface area contributed by atoms with Crippen LogP contribution in [-0.4, -0.2) is 15.7 Å². The van der Waals surface area contributed by atoms with Crippen LogP contribution in [0.3, 0.4) is 0 Å². The number of rotatable bonds is 3. The van der Waals surface area contributed by atoms with Crippen LogP contribution in [0.25, 0.3) is 0 Å². The van der Waals surface area contributed by atoms with Crippen molar-refractivity contribution >= 4 is 0 Å². The Kier molecular flexibility index (Phi) is 3.04. The van der Waals surface area contributed by atoms with E-state index in [-0.39, 0.29) is 0 Å². The fourth-order valence-electron chi connectivity index (χ4n) is 1.29. The van der Waals surface area contributed by atoms with Crippen LogP contribution in [0.4, 0.5) is 0 Å². The predicted molar refractivity (Wildman–Crippen MR) is 53.6 cm³/mol. The molecule has 13 heavy (non-hydrogen) atoms. The third-order valence-corrected chi connectivity index (χ3v) is 1.90. The van der Waals surface area contributed by atoms with E-state index in [9.17, 15) is 5.11 Å². The van der Waals surface area contributed by atoms with E-state index in [4.69, 9.17) is 0 Å². The lowest BCUT2D eigenvalue weighted by molar-refractivity contribution is 0.0799. The van der Waals surface area contributed by atoms with Gasteiger partial charge in [-0.15, -0.1) is 0 Å². The third-order valence-electron chi connectivity index (χ3n) is 1.90. The summed E-state index contributed by atoms with van der Waals surface area (Å²) in [7, 11) is 0. The van der Waals surface area contributed by atoms with Crippen molar-refractivity contribution < 1.29 is 5.11 Å². The Morgan fingerprint density at radius 2 is 2.15 bits per heavy atom. The minimum absolute atomic E-state index is 0.612. The summed E-state index contributed by atoms with van der Waals surface area (Å²) in [5, 5.41) is 9.59. The predicted octanol–water partition coefficient (Wildman–Crippen LogP) is 1.96. The summed E-state index contributed by atoms with van der Waals surface area (Å²) < 4.78 is 0. The first-order chi connectivity index (χ1) is 6.01. The molecule has 0 amide bonds. The van der Waals surface area contributed by atoms with E-state index in [1.54, 1.807) is 20.0 Å². The fraction of sp³-hybridized carbons (Fsp3) is 0.545. The van der Waals surface area contributed by atoms with Crippen LogP contribution < -0.4 is 0 Å². The van der Waals surface area contributed by atoms with Gasteiger partial charge >= 0.3 is 0 Å². The first-order valence-corrected chi connectivity index (χ1v) is 4.67. The normalized spacial score (nSPS) is 11.7. The highest BCUT2D eigenvalue weighted by molar-refractivity contribution is 5.17. The van der Waals surface area contributed by atoms with Crippen molar-refractivity contribution in [2.45, 2.75) is 39.2 Å². The molecule has 1 aromatic heterocycles. The number of nitrogens with zero attached hydrogens (tertiary/aromatic N) is 1. The molecule has 0 radical (unpaired) electrons. The maximum absolute atomic E-state index is 9.59. The van der Waals surface area contributed by atoms with Gasteiger partial charge in [-0.2, -0.15) is 0 Å². The lowest BCUT2D eigenvalue weighted by Gasteiger charge is -2.16. The molecule has 0 fully saturated rings. The summed E-state index contributed by atoms with van der Waals surface area (Å²) in [4.78, 5) is 4.21. The highest BCUT2D eigenvalue weighted by Crippen LogP contribution is 2.11. The second kappa shape index (κ2) is 3.88. The smallest absolute Gasteiger partial charge is 0.0647 e. The molecule has 0 saturated carbocycles.